The first-order chi connectivity index (χ1) is 12.2. The number of amides is 1. The largest absolute Gasteiger partial charge is 0.311 e. The molecule has 3 aromatic rings. The quantitative estimate of drug-likeness (QED) is 0.705. The third kappa shape index (κ3) is 3.34. The van der Waals surface area contributed by atoms with Gasteiger partial charge >= 0.3 is 0 Å². The lowest BCUT2D eigenvalue weighted by Gasteiger charge is -2.31. The number of nitrogens with one attached hydrogen (secondary N) is 1. The van der Waals surface area contributed by atoms with E-state index in [-0.39, 0.29) is 11.2 Å². The highest BCUT2D eigenvalue weighted by molar-refractivity contribution is 8.00. The number of carbonyl (C=O) groups excluding carboxylic acids is 1. The van der Waals surface area contributed by atoms with Crippen molar-refractivity contribution in [1.29, 1.82) is 0 Å². The van der Waals surface area contributed by atoms with Crippen LogP contribution in [0.15, 0.2) is 46.9 Å². The maximum absolute atomic E-state index is 12.9. The summed E-state index contributed by atoms with van der Waals surface area (Å²) in [4.78, 5) is 20.4. The molecular weight excluding hydrogens is 352 g/mol. The molecule has 2 aromatic heterocycles. The molecule has 1 aliphatic heterocycles. The summed E-state index contributed by atoms with van der Waals surface area (Å²) in [6.45, 7) is 2.70. The number of benzene rings is 1. The number of para-hydroxylation sites is 1. The van der Waals surface area contributed by atoms with E-state index in [2.05, 4.69) is 21.2 Å². The number of hydrogen-bond acceptors (Lipinski definition) is 5. The molecule has 25 heavy (non-hydrogen) atoms. The lowest BCUT2D eigenvalue weighted by atomic mass is 10.0. The Hall–Kier alpha value is -2.12. The highest BCUT2D eigenvalue weighted by atomic mass is 32.2. The van der Waals surface area contributed by atoms with Gasteiger partial charge in [0, 0.05) is 12.2 Å². The van der Waals surface area contributed by atoms with Crippen LogP contribution < -0.4 is 4.90 Å². The molecule has 1 unspecified atom stereocenters. The average molecular weight is 371 g/mol. The van der Waals surface area contributed by atoms with E-state index in [1.807, 2.05) is 47.5 Å². The molecule has 1 amide bonds. The summed E-state index contributed by atoms with van der Waals surface area (Å²) in [6.07, 6.45) is 2.04. The maximum Gasteiger partial charge on any atom is 0.240 e. The lowest BCUT2D eigenvalue weighted by molar-refractivity contribution is -0.117. The van der Waals surface area contributed by atoms with E-state index in [4.69, 9.17) is 0 Å². The Labute approximate surface area is 154 Å². The fraction of sp³-hybridized carbons (Fsp3) is 0.278. The molecule has 1 aliphatic rings. The molecule has 0 saturated heterocycles. The van der Waals surface area contributed by atoms with E-state index < -0.39 is 0 Å². The van der Waals surface area contributed by atoms with Gasteiger partial charge in [-0.2, -0.15) is 0 Å². The van der Waals surface area contributed by atoms with Gasteiger partial charge in [-0.3, -0.25) is 9.89 Å². The molecule has 0 aliphatic carbocycles. The van der Waals surface area contributed by atoms with Crippen LogP contribution >= 0.6 is 23.1 Å². The van der Waals surface area contributed by atoms with Crippen molar-refractivity contribution in [3.8, 4) is 10.7 Å². The standard InChI is InChI=1S/C18H18N4OS2/c1-12(25-18-19-16(20-21-18)15-9-5-11-24-15)17(23)22-10-4-7-13-6-2-3-8-14(13)22/h2-3,5-6,8-9,11-12H,4,7,10H2,1H3,(H,19,20,21). The molecule has 1 atom stereocenters. The molecular formula is C18H18N4OS2. The minimum Gasteiger partial charge on any atom is -0.311 e. The first kappa shape index (κ1) is 16.4. The van der Waals surface area contributed by atoms with Crippen LogP contribution in [0.2, 0.25) is 0 Å². The molecule has 4 rings (SSSR count). The molecule has 0 spiro atoms. The normalized spacial score (nSPS) is 15.0. The number of thiophene rings is 1. The monoisotopic (exact) mass is 370 g/mol. The van der Waals surface area contributed by atoms with Crippen LogP contribution in [0, 0.1) is 0 Å². The fourth-order valence-electron chi connectivity index (χ4n) is 3.01. The Bertz CT molecular complexity index is 875. The minimum atomic E-state index is -0.238. The summed E-state index contributed by atoms with van der Waals surface area (Å²) in [5, 5.41) is 9.57. The number of carbonyl (C=O) groups is 1. The van der Waals surface area contributed by atoms with Gasteiger partial charge in [-0.25, -0.2) is 4.98 Å². The van der Waals surface area contributed by atoms with Gasteiger partial charge in [0.2, 0.25) is 11.1 Å². The number of fused-ring (bicyclic) bond motifs is 1. The van der Waals surface area contributed by atoms with Crippen LogP contribution in [0.1, 0.15) is 18.9 Å². The zero-order chi connectivity index (χ0) is 17.2. The Morgan fingerprint density at radius 3 is 3.04 bits per heavy atom. The summed E-state index contributed by atoms with van der Waals surface area (Å²) in [7, 11) is 0. The van der Waals surface area contributed by atoms with Gasteiger partial charge in [0.05, 0.1) is 10.1 Å². The van der Waals surface area contributed by atoms with Crippen molar-refractivity contribution in [3.63, 3.8) is 0 Å². The van der Waals surface area contributed by atoms with Crippen molar-refractivity contribution in [3.05, 3.63) is 47.3 Å². The van der Waals surface area contributed by atoms with Crippen LogP contribution in [0.3, 0.4) is 0 Å². The second-order valence-electron chi connectivity index (χ2n) is 5.93. The van der Waals surface area contributed by atoms with Gasteiger partial charge in [-0.15, -0.1) is 16.4 Å². The minimum absolute atomic E-state index is 0.111. The second-order valence-corrected chi connectivity index (χ2v) is 8.18. The molecule has 7 heteroatoms. The van der Waals surface area contributed by atoms with Gasteiger partial charge in [-0.05, 0) is 42.8 Å². The summed E-state index contributed by atoms with van der Waals surface area (Å²) in [5.41, 5.74) is 2.29. The van der Waals surface area contributed by atoms with E-state index in [0.717, 1.165) is 35.8 Å². The molecule has 0 bridgehead atoms. The van der Waals surface area contributed by atoms with Crippen molar-refractivity contribution in [1.82, 2.24) is 15.2 Å². The van der Waals surface area contributed by atoms with Crippen LogP contribution in [0.4, 0.5) is 5.69 Å². The Balaban J connectivity index is 1.48. The molecule has 1 aromatic carbocycles. The van der Waals surface area contributed by atoms with Crippen LogP contribution in [-0.2, 0) is 11.2 Å². The maximum atomic E-state index is 12.9. The number of nitrogens with zero attached hydrogens (tertiary/aromatic N) is 3. The van der Waals surface area contributed by atoms with Crippen molar-refractivity contribution >= 4 is 34.7 Å². The SMILES string of the molecule is CC(Sc1n[nH]c(-c2cccs2)n1)C(=O)N1CCCc2ccccc21. The number of aryl methyl sites for hydroxylation is 1. The first-order valence-electron chi connectivity index (χ1n) is 8.24. The predicted molar refractivity (Wildman–Crippen MR) is 102 cm³/mol. The topological polar surface area (TPSA) is 61.9 Å². The van der Waals surface area contributed by atoms with E-state index in [1.54, 1.807) is 11.3 Å². The molecule has 0 saturated carbocycles. The van der Waals surface area contributed by atoms with Crippen LogP contribution in [0.5, 0.6) is 0 Å². The van der Waals surface area contributed by atoms with Crippen molar-refractivity contribution < 1.29 is 4.79 Å². The number of hydrogen-bond donors (Lipinski definition) is 1. The summed E-state index contributed by atoms with van der Waals surface area (Å²) < 4.78 is 0. The number of rotatable bonds is 4. The van der Waals surface area contributed by atoms with Crippen molar-refractivity contribution in [2.75, 3.05) is 11.4 Å². The van der Waals surface area contributed by atoms with E-state index in [1.165, 1.54) is 17.3 Å². The molecule has 5 nitrogen and oxygen atoms in total. The van der Waals surface area contributed by atoms with Crippen LogP contribution in [-0.4, -0.2) is 32.9 Å². The number of aromatic nitrogens is 3. The smallest absolute Gasteiger partial charge is 0.240 e. The summed E-state index contributed by atoms with van der Waals surface area (Å²) in [6, 6.07) is 12.1. The number of anilines is 1. The molecule has 1 N–H and O–H groups in total. The van der Waals surface area contributed by atoms with Crippen LogP contribution in [0.25, 0.3) is 10.7 Å². The Morgan fingerprint density at radius 1 is 1.32 bits per heavy atom. The first-order valence-corrected chi connectivity index (χ1v) is 10.0. The number of aromatic amines is 1. The number of thioether (sulfide) groups is 1. The Morgan fingerprint density at radius 2 is 2.20 bits per heavy atom. The van der Waals surface area contributed by atoms with Gasteiger partial charge in [0.25, 0.3) is 0 Å². The third-order valence-corrected chi connectivity index (χ3v) is 6.05. The molecule has 3 heterocycles. The third-order valence-electron chi connectivity index (χ3n) is 4.23. The van der Waals surface area contributed by atoms with E-state index >= 15 is 0 Å². The zero-order valence-electron chi connectivity index (χ0n) is 13.8. The fourth-order valence-corrected chi connectivity index (χ4v) is 4.46. The van der Waals surface area contributed by atoms with Gasteiger partial charge < -0.3 is 4.90 Å². The Kier molecular flexibility index (Phi) is 4.59. The molecule has 0 radical (unpaired) electrons. The van der Waals surface area contributed by atoms with Gasteiger partial charge in [0.15, 0.2) is 5.82 Å². The van der Waals surface area contributed by atoms with Gasteiger partial charge in [0.1, 0.15) is 0 Å². The molecule has 0 fully saturated rings. The molecule has 128 valence electrons. The van der Waals surface area contributed by atoms with Crippen molar-refractivity contribution in [2.24, 2.45) is 0 Å². The van der Waals surface area contributed by atoms with Crippen molar-refractivity contribution in [2.45, 2.75) is 30.2 Å². The second kappa shape index (κ2) is 7.01. The van der Waals surface area contributed by atoms with E-state index in [0.29, 0.717) is 5.16 Å². The summed E-state index contributed by atoms with van der Waals surface area (Å²) in [5.74, 6) is 0.861. The summed E-state index contributed by atoms with van der Waals surface area (Å²) >= 11 is 3.01. The highest BCUT2D eigenvalue weighted by Gasteiger charge is 2.27. The number of H-pyrrole nitrogens is 1. The highest BCUT2D eigenvalue weighted by Crippen LogP contribution is 2.31. The lowest BCUT2D eigenvalue weighted by Crippen LogP contribution is -2.40. The average Bonchev–Trinajstić information content (AvgIpc) is 3.32. The zero-order valence-corrected chi connectivity index (χ0v) is 15.4. The predicted octanol–water partition coefficient (Wildman–Crippen LogP) is 3.99. The van der Waals surface area contributed by atoms with E-state index in [9.17, 15) is 4.79 Å². The van der Waals surface area contributed by atoms with Gasteiger partial charge in [-0.1, -0.05) is 36.0 Å².